The quantitative estimate of drug-likeness (QED) is 0.415. The molecule has 3 N–H and O–H groups in total. The molecule has 0 radical (unpaired) electrons. The first-order chi connectivity index (χ1) is 6.16. The van der Waals surface area contributed by atoms with E-state index >= 15 is 0 Å². The second kappa shape index (κ2) is 7.76. The van der Waals surface area contributed by atoms with Crippen LogP contribution >= 0.6 is 0 Å². The summed E-state index contributed by atoms with van der Waals surface area (Å²) in [5, 5.41) is 3.13. The lowest BCUT2D eigenvalue weighted by Gasteiger charge is -2.05. The van der Waals surface area contributed by atoms with Crippen LogP contribution in [0.5, 0.6) is 0 Å². The molecule has 0 bridgehead atoms. The van der Waals surface area contributed by atoms with Gasteiger partial charge in [0.1, 0.15) is 6.61 Å². The smallest absolute Gasteiger partial charge is 0.243 e. The number of rotatable bonds is 8. The minimum atomic E-state index is -0.432. The third-order valence-electron chi connectivity index (χ3n) is 1.54. The fourth-order valence-corrected chi connectivity index (χ4v) is 0.707. The molecule has 4 heteroatoms. The number of carbonyl (C=O) groups excluding carboxylic acids is 1. The van der Waals surface area contributed by atoms with Crippen molar-refractivity contribution in [2.24, 2.45) is 5.73 Å². The molecule has 0 saturated heterocycles. The van der Waals surface area contributed by atoms with Gasteiger partial charge in [0.25, 0.3) is 0 Å². The molecule has 4 nitrogen and oxygen atoms in total. The molecule has 0 rings (SSSR count). The van der Waals surface area contributed by atoms with Gasteiger partial charge in [-0.25, -0.2) is 0 Å². The Bertz CT molecular complexity index is 169. The number of carbonyl (C=O) groups is 1. The van der Waals surface area contributed by atoms with Crippen molar-refractivity contribution < 1.29 is 9.53 Å². The normalized spacial score (nSPS) is 9.92. The van der Waals surface area contributed by atoms with E-state index in [2.05, 4.69) is 18.8 Å². The van der Waals surface area contributed by atoms with Crippen molar-refractivity contribution in [2.75, 3.05) is 26.3 Å². The van der Waals surface area contributed by atoms with E-state index in [-0.39, 0.29) is 6.61 Å². The Morgan fingerprint density at radius 2 is 2.31 bits per heavy atom. The average molecular weight is 186 g/mol. The largest absolute Gasteiger partial charge is 0.370 e. The van der Waals surface area contributed by atoms with Crippen molar-refractivity contribution in [2.45, 2.75) is 13.3 Å². The number of nitrogens with one attached hydrogen (secondary N) is 1. The number of hydrogen-bond donors (Lipinski definition) is 2. The lowest BCUT2D eigenvalue weighted by atomic mass is 10.2. The van der Waals surface area contributed by atoms with Gasteiger partial charge in [-0.15, -0.1) is 0 Å². The highest BCUT2D eigenvalue weighted by molar-refractivity contribution is 5.74. The van der Waals surface area contributed by atoms with Gasteiger partial charge in [-0.2, -0.15) is 0 Å². The zero-order chi connectivity index (χ0) is 10.1. The van der Waals surface area contributed by atoms with E-state index in [0.717, 1.165) is 18.5 Å². The molecule has 0 aromatic carbocycles. The molecule has 0 aromatic heterocycles. The molecule has 0 unspecified atom stereocenters. The van der Waals surface area contributed by atoms with Crippen LogP contribution in [0.4, 0.5) is 0 Å². The van der Waals surface area contributed by atoms with Gasteiger partial charge in [-0.05, 0) is 6.42 Å². The van der Waals surface area contributed by atoms with E-state index in [1.54, 1.807) is 0 Å². The molecule has 0 aromatic rings. The van der Waals surface area contributed by atoms with E-state index in [0.29, 0.717) is 13.2 Å². The minimum absolute atomic E-state index is 0.00357. The number of ether oxygens (including phenoxy) is 1. The third kappa shape index (κ3) is 9.04. The van der Waals surface area contributed by atoms with Crippen molar-refractivity contribution in [3.63, 3.8) is 0 Å². The molecule has 13 heavy (non-hydrogen) atoms. The van der Waals surface area contributed by atoms with Crippen LogP contribution in [0.15, 0.2) is 12.2 Å². The number of nitrogens with two attached hydrogens (primary N) is 1. The van der Waals surface area contributed by atoms with Gasteiger partial charge in [-0.3, -0.25) is 4.79 Å². The summed E-state index contributed by atoms with van der Waals surface area (Å²) >= 11 is 0. The first kappa shape index (κ1) is 12.1. The SMILES string of the molecule is C=C(CC)CNCCOCC(N)=O. The van der Waals surface area contributed by atoms with E-state index in [4.69, 9.17) is 10.5 Å². The summed E-state index contributed by atoms with van der Waals surface area (Å²) in [5.41, 5.74) is 6.04. The number of primary amides is 1. The Hall–Kier alpha value is -0.870. The van der Waals surface area contributed by atoms with Gasteiger partial charge >= 0.3 is 0 Å². The van der Waals surface area contributed by atoms with Gasteiger partial charge in [0.2, 0.25) is 5.91 Å². The Balaban J connectivity index is 3.08. The van der Waals surface area contributed by atoms with E-state index in [1.807, 2.05) is 0 Å². The van der Waals surface area contributed by atoms with E-state index in [9.17, 15) is 4.79 Å². The average Bonchev–Trinajstić information content (AvgIpc) is 2.10. The lowest BCUT2D eigenvalue weighted by molar-refractivity contribution is -0.122. The Kier molecular flexibility index (Phi) is 7.24. The zero-order valence-corrected chi connectivity index (χ0v) is 8.14. The fourth-order valence-electron chi connectivity index (χ4n) is 0.707. The molecule has 76 valence electrons. The highest BCUT2D eigenvalue weighted by atomic mass is 16.5. The summed E-state index contributed by atoms with van der Waals surface area (Å²) in [5.74, 6) is -0.432. The first-order valence-corrected chi connectivity index (χ1v) is 4.40. The van der Waals surface area contributed by atoms with Crippen LogP contribution in [0, 0.1) is 0 Å². The molecular weight excluding hydrogens is 168 g/mol. The summed E-state index contributed by atoms with van der Waals surface area (Å²) in [6.45, 7) is 7.92. The highest BCUT2D eigenvalue weighted by Crippen LogP contribution is 1.91. The monoisotopic (exact) mass is 186 g/mol. The maximum absolute atomic E-state index is 10.2. The van der Waals surface area contributed by atoms with Crippen LogP contribution in [0.25, 0.3) is 0 Å². The summed E-state index contributed by atoms with van der Waals surface area (Å²) in [4.78, 5) is 10.2. The maximum atomic E-state index is 10.2. The zero-order valence-electron chi connectivity index (χ0n) is 8.14. The van der Waals surface area contributed by atoms with E-state index in [1.165, 1.54) is 0 Å². The second-order valence-corrected chi connectivity index (χ2v) is 2.80. The summed E-state index contributed by atoms with van der Waals surface area (Å²) in [7, 11) is 0. The lowest BCUT2D eigenvalue weighted by Crippen LogP contribution is -2.25. The Morgan fingerprint density at radius 1 is 1.62 bits per heavy atom. The van der Waals surface area contributed by atoms with Crippen LogP contribution in [0.3, 0.4) is 0 Å². The molecule has 0 spiro atoms. The summed E-state index contributed by atoms with van der Waals surface area (Å²) in [6, 6.07) is 0. The number of hydrogen-bond acceptors (Lipinski definition) is 3. The van der Waals surface area contributed by atoms with Crippen molar-refractivity contribution in [3.8, 4) is 0 Å². The molecular formula is C9H18N2O2. The molecule has 0 aliphatic rings. The van der Waals surface area contributed by atoms with Crippen molar-refractivity contribution in [1.82, 2.24) is 5.32 Å². The molecule has 0 fully saturated rings. The highest BCUT2D eigenvalue weighted by Gasteiger charge is 1.93. The summed E-state index contributed by atoms with van der Waals surface area (Å²) < 4.78 is 4.94. The molecule has 0 heterocycles. The minimum Gasteiger partial charge on any atom is -0.370 e. The number of amides is 1. The standard InChI is InChI=1S/C9H18N2O2/c1-3-8(2)6-11-4-5-13-7-9(10)12/h11H,2-7H2,1H3,(H2,10,12). The van der Waals surface area contributed by atoms with Crippen molar-refractivity contribution in [3.05, 3.63) is 12.2 Å². The van der Waals surface area contributed by atoms with Crippen LogP contribution in [-0.2, 0) is 9.53 Å². The topological polar surface area (TPSA) is 64.3 Å². The van der Waals surface area contributed by atoms with E-state index < -0.39 is 5.91 Å². The molecule has 0 saturated carbocycles. The predicted octanol–water partition coefficient (Wildman–Crippen LogP) is 0.0441. The van der Waals surface area contributed by atoms with Crippen LogP contribution in [-0.4, -0.2) is 32.2 Å². The first-order valence-electron chi connectivity index (χ1n) is 4.40. The van der Waals surface area contributed by atoms with Crippen LogP contribution < -0.4 is 11.1 Å². The molecule has 0 aliphatic carbocycles. The fraction of sp³-hybridized carbons (Fsp3) is 0.667. The van der Waals surface area contributed by atoms with Crippen LogP contribution in [0.2, 0.25) is 0 Å². The molecule has 0 atom stereocenters. The third-order valence-corrected chi connectivity index (χ3v) is 1.54. The van der Waals surface area contributed by atoms with Gasteiger partial charge in [0, 0.05) is 13.1 Å². The maximum Gasteiger partial charge on any atom is 0.243 e. The van der Waals surface area contributed by atoms with Gasteiger partial charge in [0.15, 0.2) is 0 Å². The molecule has 0 aliphatic heterocycles. The predicted molar refractivity (Wildman–Crippen MR) is 52.3 cm³/mol. The van der Waals surface area contributed by atoms with Gasteiger partial charge in [-0.1, -0.05) is 19.1 Å². The Labute approximate surface area is 79.1 Å². The van der Waals surface area contributed by atoms with Crippen molar-refractivity contribution >= 4 is 5.91 Å². The van der Waals surface area contributed by atoms with Gasteiger partial charge < -0.3 is 15.8 Å². The van der Waals surface area contributed by atoms with Crippen molar-refractivity contribution in [1.29, 1.82) is 0 Å². The second-order valence-electron chi connectivity index (χ2n) is 2.80. The van der Waals surface area contributed by atoms with Crippen LogP contribution in [0.1, 0.15) is 13.3 Å². The van der Waals surface area contributed by atoms with Gasteiger partial charge in [0.05, 0.1) is 6.61 Å². The molecule has 1 amide bonds. The summed E-state index contributed by atoms with van der Waals surface area (Å²) in [6.07, 6.45) is 0.981. The Morgan fingerprint density at radius 3 is 2.85 bits per heavy atom.